The van der Waals surface area contributed by atoms with Gasteiger partial charge in [0.05, 0.1) is 18.6 Å². The smallest absolute Gasteiger partial charge is 0.227 e. The number of methoxy groups -OCH3 is 1. The monoisotopic (exact) mass is 335 g/mol. The number of benzene rings is 1. The van der Waals surface area contributed by atoms with E-state index in [1.165, 1.54) is 0 Å². The lowest BCUT2D eigenvalue weighted by atomic mass is 9.79. The van der Waals surface area contributed by atoms with E-state index in [0.717, 1.165) is 11.3 Å². The first-order chi connectivity index (χ1) is 11.5. The van der Waals surface area contributed by atoms with Crippen LogP contribution in [0.2, 0.25) is 0 Å². The van der Waals surface area contributed by atoms with Gasteiger partial charge in [-0.2, -0.15) is 0 Å². The van der Waals surface area contributed by atoms with Crippen LogP contribution >= 0.6 is 0 Å². The van der Waals surface area contributed by atoms with Crippen molar-refractivity contribution in [3.63, 3.8) is 0 Å². The van der Waals surface area contributed by atoms with Crippen molar-refractivity contribution >= 4 is 5.91 Å². The van der Waals surface area contributed by atoms with E-state index in [4.69, 9.17) is 15.2 Å². The molecule has 6 heteroatoms. The van der Waals surface area contributed by atoms with E-state index in [9.17, 15) is 4.79 Å². The summed E-state index contributed by atoms with van der Waals surface area (Å²) in [4.78, 5) is 14.8. The third-order valence-corrected chi connectivity index (χ3v) is 4.88. The van der Waals surface area contributed by atoms with Gasteiger partial charge in [-0.25, -0.2) is 0 Å². The molecular weight excluding hydrogens is 306 g/mol. The summed E-state index contributed by atoms with van der Waals surface area (Å²) in [6.45, 7) is 2.07. The number of ether oxygens (including phenoxy) is 2. The highest BCUT2D eigenvalue weighted by molar-refractivity contribution is 5.83. The van der Waals surface area contributed by atoms with E-state index >= 15 is 0 Å². The van der Waals surface area contributed by atoms with Crippen LogP contribution in [-0.2, 0) is 9.53 Å². The first kappa shape index (κ1) is 18.7. The Labute approximate surface area is 144 Å². The van der Waals surface area contributed by atoms with Gasteiger partial charge in [0.15, 0.2) is 0 Å². The zero-order valence-corrected chi connectivity index (χ0v) is 14.9. The minimum Gasteiger partial charge on any atom is -0.497 e. The largest absolute Gasteiger partial charge is 0.497 e. The Morgan fingerprint density at radius 1 is 1.42 bits per heavy atom. The van der Waals surface area contributed by atoms with Gasteiger partial charge < -0.3 is 25.4 Å². The predicted octanol–water partition coefficient (Wildman–Crippen LogP) is 1.17. The van der Waals surface area contributed by atoms with Crippen LogP contribution in [0.1, 0.15) is 24.4 Å². The highest BCUT2D eigenvalue weighted by atomic mass is 16.5. The van der Waals surface area contributed by atoms with Gasteiger partial charge in [0, 0.05) is 26.3 Å². The second-order valence-electron chi connectivity index (χ2n) is 6.56. The molecule has 1 atom stereocenters. The summed E-state index contributed by atoms with van der Waals surface area (Å²) in [6, 6.07) is 8.00. The number of nitrogens with two attached hydrogens (primary N) is 1. The maximum Gasteiger partial charge on any atom is 0.227 e. The van der Waals surface area contributed by atoms with Gasteiger partial charge >= 0.3 is 0 Å². The van der Waals surface area contributed by atoms with E-state index < -0.39 is 5.41 Å². The molecule has 0 saturated carbocycles. The summed E-state index contributed by atoms with van der Waals surface area (Å²) < 4.78 is 10.7. The first-order valence-electron chi connectivity index (χ1n) is 8.39. The Kier molecular flexibility index (Phi) is 6.60. The van der Waals surface area contributed by atoms with Crippen molar-refractivity contribution < 1.29 is 14.3 Å². The molecule has 1 fully saturated rings. The minimum atomic E-state index is -0.497. The van der Waals surface area contributed by atoms with Crippen molar-refractivity contribution in [2.75, 3.05) is 47.5 Å². The quantitative estimate of drug-likeness (QED) is 0.782. The molecule has 24 heavy (non-hydrogen) atoms. The molecule has 1 amide bonds. The van der Waals surface area contributed by atoms with Crippen LogP contribution in [0.5, 0.6) is 5.75 Å². The molecule has 1 unspecified atom stereocenters. The van der Waals surface area contributed by atoms with Crippen LogP contribution in [0.3, 0.4) is 0 Å². The number of nitrogens with zero attached hydrogens (tertiary/aromatic N) is 1. The molecule has 2 rings (SSSR count). The molecule has 1 aliphatic heterocycles. The van der Waals surface area contributed by atoms with E-state index in [2.05, 4.69) is 10.2 Å². The number of rotatable bonds is 7. The summed E-state index contributed by atoms with van der Waals surface area (Å²) in [6.07, 6.45) is 1.36. The van der Waals surface area contributed by atoms with Crippen molar-refractivity contribution in [1.82, 2.24) is 10.2 Å². The zero-order chi connectivity index (χ0) is 17.6. The normalized spacial score (nSPS) is 18.2. The molecular formula is C18H29N3O3. The highest BCUT2D eigenvalue weighted by Gasteiger charge is 2.38. The second-order valence-corrected chi connectivity index (χ2v) is 6.56. The van der Waals surface area contributed by atoms with Gasteiger partial charge in [0.2, 0.25) is 5.91 Å². The highest BCUT2D eigenvalue weighted by Crippen LogP contribution is 2.30. The van der Waals surface area contributed by atoms with E-state index in [0.29, 0.717) is 39.1 Å². The van der Waals surface area contributed by atoms with Crippen molar-refractivity contribution in [2.45, 2.75) is 18.9 Å². The van der Waals surface area contributed by atoms with Gasteiger partial charge in [-0.3, -0.25) is 4.79 Å². The molecule has 1 heterocycles. The Morgan fingerprint density at radius 3 is 2.71 bits per heavy atom. The predicted molar refractivity (Wildman–Crippen MR) is 94.0 cm³/mol. The molecule has 3 N–H and O–H groups in total. The zero-order valence-electron chi connectivity index (χ0n) is 14.9. The van der Waals surface area contributed by atoms with E-state index in [-0.39, 0.29) is 11.9 Å². The number of amides is 1. The maximum absolute atomic E-state index is 12.7. The standard InChI is InChI=1S/C18H29N3O3/c1-21(2)16(14-5-4-6-15(11-14)23-3)12-20-17(22)18(13-19)7-9-24-10-8-18/h4-6,11,16H,7-10,12-13,19H2,1-3H3,(H,20,22). The molecule has 0 aliphatic carbocycles. The number of hydrogen-bond acceptors (Lipinski definition) is 5. The molecule has 1 aromatic carbocycles. The third-order valence-electron chi connectivity index (χ3n) is 4.88. The van der Waals surface area contributed by atoms with Gasteiger partial charge in [-0.05, 0) is 44.6 Å². The molecule has 6 nitrogen and oxygen atoms in total. The van der Waals surface area contributed by atoms with E-state index in [1.54, 1.807) is 7.11 Å². The Balaban J connectivity index is 2.06. The van der Waals surface area contributed by atoms with Crippen molar-refractivity contribution in [3.8, 4) is 5.75 Å². The number of carbonyl (C=O) groups excluding carboxylic acids is 1. The third kappa shape index (κ3) is 4.26. The SMILES string of the molecule is COc1cccc(C(CNC(=O)C2(CN)CCOCC2)N(C)C)c1. The fourth-order valence-corrected chi connectivity index (χ4v) is 3.11. The molecule has 0 bridgehead atoms. The maximum atomic E-state index is 12.7. The van der Waals surface area contributed by atoms with Crippen LogP contribution in [0.4, 0.5) is 0 Å². The summed E-state index contributed by atoms with van der Waals surface area (Å²) >= 11 is 0. The molecule has 134 valence electrons. The van der Waals surface area contributed by atoms with Crippen molar-refractivity contribution in [3.05, 3.63) is 29.8 Å². The average Bonchev–Trinajstić information content (AvgIpc) is 2.62. The van der Waals surface area contributed by atoms with Gasteiger partial charge in [0.1, 0.15) is 5.75 Å². The lowest BCUT2D eigenvalue weighted by molar-refractivity contribution is -0.136. The van der Waals surface area contributed by atoms with Crippen LogP contribution in [0.25, 0.3) is 0 Å². The van der Waals surface area contributed by atoms with Crippen LogP contribution in [0.15, 0.2) is 24.3 Å². The van der Waals surface area contributed by atoms with Gasteiger partial charge in [-0.15, -0.1) is 0 Å². The van der Waals surface area contributed by atoms with Crippen molar-refractivity contribution in [2.24, 2.45) is 11.1 Å². The molecule has 0 radical (unpaired) electrons. The van der Waals surface area contributed by atoms with Crippen LogP contribution in [0, 0.1) is 5.41 Å². The summed E-state index contributed by atoms with van der Waals surface area (Å²) in [5.74, 6) is 0.844. The summed E-state index contributed by atoms with van der Waals surface area (Å²) in [7, 11) is 5.66. The summed E-state index contributed by atoms with van der Waals surface area (Å²) in [5, 5.41) is 3.10. The Bertz CT molecular complexity index is 542. The molecule has 1 aliphatic rings. The lowest BCUT2D eigenvalue weighted by Gasteiger charge is -2.35. The fraction of sp³-hybridized carbons (Fsp3) is 0.611. The topological polar surface area (TPSA) is 76.8 Å². The number of carbonyl (C=O) groups is 1. The summed E-state index contributed by atoms with van der Waals surface area (Å²) in [5.41, 5.74) is 6.52. The number of nitrogens with one attached hydrogen (secondary N) is 1. The van der Waals surface area contributed by atoms with E-state index in [1.807, 2.05) is 38.4 Å². The second kappa shape index (κ2) is 8.46. The lowest BCUT2D eigenvalue weighted by Crippen LogP contribution is -2.50. The molecule has 1 saturated heterocycles. The first-order valence-corrected chi connectivity index (χ1v) is 8.39. The van der Waals surface area contributed by atoms with Crippen molar-refractivity contribution in [1.29, 1.82) is 0 Å². The Morgan fingerprint density at radius 2 is 2.12 bits per heavy atom. The van der Waals surface area contributed by atoms with Crippen LogP contribution < -0.4 is 15.8 Å². The molecule has 0 aromatic heterocycles. The van der Waals surface area contributed by atoms with Gasteiger partial charge in [0.25, 0.3) is 0 Å². The molecule has 1 aromatic rings. The minimum absolute atomic E-state index is 0.0306. The number of likely N-dealkylation sites (N-methyl/N-ethyl adjacent to an activating group) is 1. The average molecular weight is 335 g/mol. The number of hydrogen-bond donors (Lipinski definition) is 2. The molecule has 0 spiro atoms. The Hall–Kier alpha value is -1.63. The van der Waals surface area contributed by atoms with Gasteiger partial charge in [-0.1, -0.05) is 12.1 Å². The fourth-order valence-electron chi connectivity index (χ4n) is 3.11. The van der Waals surface area contributed by atoms with Crippen LogP contribution in [-0.4, -0.2) is 58.3 Å².